The number of hydrogen-bond donors (Lipinski definition) is 2. The van der Waals surface area contributed by atoms with Crippen molar-refractivity contribution in [1.29, 1.82) is 0 Å². The monoisotopic (exact) mass is 344 g/mol. The lowest BCUT2D eigenvalue weighted by Gasteiger charge is -2.16. The molecule has 1 fully saturated rings. The second-order valence-electron chi connectivity index (χ2n) is 5.94. The lowest BCUT2D eigenvalue weighted by atomic mass is 9.95. The predicted octanol–water partition coefficient (Wildman–Crippen LogP) is 2.66. The molecule has 3 rings (SSSR count). The molecule has 1 saturated carbocycles. The number of sulfonamides is 1. The van der Waals surface area contributed by atoms with E-state index in [1.807, 2.05) is 19.1 Å². The number of carbonyl (C=O) groups excluding carboxylic acids is 1. The van der Waals surface area contributed by atoms with Gasteiger partial charge >= 0.3 is 0 Å². The van der Waals surface area contributed by atoms with E-state index in [0.717, 1.165) is 18.4 Å². The van der Waals surface area contributed by atoms with Crippen LogP contribution >= 0.6 is 0 Å². The molecule has 2 N–H and O–H groups in total. The molecule has 24 heavy (non-hydrogen) atoms. The van der Waals surface area contributed by atoms with Gasteiger partial charge in [-0.15, -0.1) is 0 Å². The third kappa shape index (κ3) is 3.14. The van der Waals surface area contributed by atoms with Crippen LogP contribution in [-0.2, 0) is 20.2 Å². The third-order valence-corrected chi connectivity index (χ3v) is 5.66. The van der Waals surface area contributed by atoms with Crippen LogP contribution in [0.25, 0.3) is 0 Å². The SMILES string of the molecule is CCNC(=O)C1(c2ccc(NS(=O)(=O)c3ccccc3)cc2)CC1. The van der Waals surface area contributed by atoms with Crippen LogP contribution in [0.3, 0.4) is 0 Å². The first-order chi connectivity index (χ1) is 11.5. The maximum Gasteiger partial charge on any atom is 0.261 e. The van der Waals surface area contributed by atoms with Gasteiger partial charge in [0.1, 0.15) is 0 Å². The second kappa shape index (κ2) is 6.28. The highest BCUT2D eigenvalue weighted by molar-refractivity contribution is 7.92. The van der Waals surface area contributed by atoms with Gasteiger partial charge in [-0.25, -0.2) is 8.42 Å². The van der Waals surface area contributed by atoms with E-state index in [0.29, 0.717) is 12.2 Å². The minimum absolute atomic E-state index is 0.0441. The van der Waals surface area contributed by atoms with Crippen molar-refractivity contribution in [2.75, 3.05) is 11.3 Å². The van der Waals surface area contributed by atoms with Crippen molar-refractivity contribution < 1.29 is 13.2 Å². The molecule has 1 amide bonds. The summed E-state index contributed by atoms with van der Waals surface area (Å²) in [5, 5.41) is 2.87. The number of hydrogen-bond acceptors (Lipinski definition) is 3. The fourth-order valence-corrected chi connectivity index (χ4v) is 3.85. The maximum absolute atomic E-state index is 12.3. The number of nitrogens with one attached hydrogen (secondary N) is 2. The number of benzene rings is 2. The summed E-state index contributed by atoms with van der Waals surface area (Å²) in [6, 6.07) is 15.3. The van der Waals surface area contributed by atoms with Gasteiger partial charge in [0.15, 0.2) is 0 Å². The molecule has 0 spiro atoms. The quantitative estimate of drug-likeness (QED) is 0.846. The first-order valence-electron chi connectivity index (χ1n) is 7.95. The molecule has 0 aliphatic heterocycles. The average molecular weight is 344 g/mol. The topological polar surface area (TPSA) is 75.3 Å². The Kier molecular flexibility index (Phi) is 4.32. The molecule has 0 atom stereocenters. The van der Waals surface area contributed by atoms with Gasteiger partial charge in [0.05, 0.1) is 10.3 Å². The number of amides is 1. The molecule has 0 unspecified atom stereocenters. The van der Waals surface area contributed by atoms with E-state index in [9.17, 15) is 13.2 Å². The molecule has 0 heterocycles. The van der Waals surface area contributed by atoms with Crippen LogP contribution in [0.15, 0.2) is 59.5 Å². The van der Waals surface area contributed by atoms with Gasteiger partial charge in [0.2, 0.25) is 5.91 Å². The van der Waals surface area contributed by atoms with Crippen LogP contribution in [0.1, 0.15) is 25.3 Å². The molecule has 126 valence electrons. The Morgan fingerprint density at radius 3 is 2.21 bits per heavy atom. The van der Waals surface area contributed by atoms with Crippen LogP contribution in [0.4, 0.5) is 5.69 Å². The largest absolute Gasteiger partial charge is 0.356 e. The highest BCUT2D eigenvalue weighted by Gasteiger charge is 2.50. The summed E-state index contributed by atoms with van der Waals surface area (Å²) in [4.78, 5) is 12.4. The minimum atomic E-state index is -3.60. The Hall–Kier alpha value is -2.34. The molecule has 0 saturated heterocycles. The van der Waals surface area contributed by atoms with E-state index in [-0.39, 0.29) is 10.8 Å². The van der Waals surface area contributed by atoms with E-state index in [4.69, 9.17) is 0 Å². The van der Waals surface area contributed by atoms with Crippen molar-refractivity contribution in [3.05, 3.63) is 60.2 Å². The number of carbonyl (C=O) groups is 1. The summed E-state index contributed by atoms with van der Waals surface area (Å²) in [7, 11) is -3.60. The van der Waals surface area contributed by atoms with Gasteiger partial charge in [-0.1, -0.05) is 30.3 Å². The standard InChI is InChI=1S/C18H20N2O3S/c1-2-19-17(21)18(12-13-18)14-8-10-15(11-9-14)20-24(22,23)16-6-4-3-5-7-16/h3-11,20H,2,12-13H2,1H3,(H,19,21). The lowest BCUT2D eigenvalue weighted by Crippen LogP contribution is -2.34. The summed E-state index contributed by atoms with van der Waals surface area (Å²) in [5.74, 6) is 0.0441. The summed E-state index contributed by atoms with van der Waals surface area (Å²) < 4.78 is 27.2. The molecule has 0 bridgehead atoms. The van der Waals surface area contributed by atoms with Gasteiger partial charge in [0.25, 0.3) is 10.0 Å². The van der Waals surface area contributed by atoms with Gasteiger partial charge in [0, 0.05) is 12.2 Å². The summed E-state index contributed by atoms with van der Waals surface area (Å²) in [5.41, 5.74) is 0.970. The first-order valence-corrected chi connectivity index (χ1v) is 9.43. The summed E-state index contributed by atoms with van der Waals surface area (Å²) in [6.45, 7) is 2.50. The van der Waals surface area contributed by atoms with Crippen LogP contribution < -0.4 is 10.0 Å². The van der Waals surface area contributed by atoms with E-state index in [2.05, 4.69) is 10.0 Å². The van der Waals surface area contributed by atoms with Crippen LogP contribution in [0.2, 0.25) is 0 Å². The molecule has 1 aliphatic carbocycles. The van der Waals surface area contributed by atoms with Gasteiger partial charge in [-0.2, -0.15) is 0 Å². The molecule has 2 aromatic rings. The summed E-state index contributed by atoms with van der Waals surface area (Å²) >= 11 is 0. The molecule has 0 radical (unpaired) electrons. The van der Waals surface area contributed by atoms with E-state index in [1.54, 1.807) is 42.5 Å². The zero-order valence-corrected chi connectivity index (χ0v) is 14.3. The molecular weight excluding hydrogens is 324 g/mol. The Bertz CT molecular complexity index is 826. The molecule has 2 aromatic carbocycles. The lowest BCUT2D eigenvalue weighted by molar-refractivity contribution is -0.123. The Balaban J connectivity index is 1.77. The molecular formula is C18H20N2O3S. The van der Waals surface area contributed by atoms with Crippen molar-refractivity contribution in [2.24, 2.45) is 0 Å². The Morgan fingerprint density at radius 1 is 1.04 bits per heavy atom. The van der Waals surface area contributed by atoms with E-state index >= 15 is 0 Å². The molecule has 1 aliphatic rings. The van der Waals surface area contributed by atoms with Crippen molar-refractivity contribution in [1.82, 2.24) is 5.32 Å². The minimum Gasteiger partial charge on any atom is -0.356 e. The average Bonchev–Trinajstić information content (AvgIpc) is 3.38. The van der Waals surface area contributed by atoms with Crippen molar-refractivity contribution >= 4 is 21.6 Å². The van der Waals surface area contributed by atoms with Crippen LogP contribution in [-0.4, -0.2) is 20.9 Å². The first kappa shape index (κ1) is 16.5. The smallest absolute Gasteiger partial charge is 0.261 e. The van der Waals surface area contributed by atoms with Crippen LogP contribution in [0, 0.1) is 0 Å². The third-order valence-electron chi connectivity index (χ3n) is 4.27. The van der Waals surface area contributed by atoms with Gasteiger partial charge < -0.3 is 5.32 Å². The molecule has 5 nitrogen and oxygen atoms in total. The summed E-state index contributed by atoms with van der Waals surface area (Å²) in [6.07, 6.45) is 1.65. The van der Waals surface area contributed by atoms with Gasteiger partial charge in [-0.3, -0.25) is 9.52 Å². The van der Waals surface area contributed by atoms with Crippen molar-refractivity contribution in [3.8, 4) is 0 Å². The Morgan fingerprint density at radius 2 is 1.67 bits per heavy atom. The molecule has 0 aromatic heterocycles. The van der Waals surface area contributed by atoms with Crippen LogP contribution in [0.5, 0.6) is 0 Å². The van der Waals surface area contributed by atoms with E-state index in [1.165, 1.54) is 0 Å². The van der Waals surface area contributed by atoms with Crippen molar-refractivity contribution in [3.63, 3.8) is 0 Å². The highest BCUT2D eigenvalue weighted by atomic mass is 32.2. The Labute approximate surface area is 142 Å². The predicted molar refractivity (Wildman–Crippen MR) is 93.3 cm³/mol. The normalized spacial score (nSPS) is 15.5. The number of likely N-dealkylation sites (N-methyl/N-ethyl adjacent to an activating group) is 1. The number of rotatable bonds is 6. The number of anilines is 1. The zero-order valence-electron chi connectivity index (χ0n) is 13.5. The van der Waals surface area contributed by atoms with Gasteiger partial charge in [-0.05, 0) is 49.6 Å². The molecule has 6 heteroatoms. The zero-order chi connectivity index (χ0) is 17.2. The highest BCUT2D eigenvalue weighted by Crippen LogP contribution is 2.48. The van der Waals surface area contributed by atoms with E-state index < -0.39 is 15.4 Å². The maximum atomic E-state index is 12.3. The second-order valence-corrected chi connectivity index (χ2v) is 7.62. The fraction of sp³-hybridized carbons (Fsp3) is 0.278. The fourth-order valence-electron chi connectivity index (χ4n) is 2.77. The van der Waals surface area contributed by atoms with Crippen molar-refractivity contribution in [2.45, 2.75) is 30.1 Å².